The van der Waals surface area contributed by atoms with E-state index >= 15 is 0 Å². The number of hydrogen-bond donors (Lipinski definition) is 0. The number of hydrogen-bond acceptors (Lipinski definition) is 2. The average molecular weight is 187 g/mol. The fourth-order valence-electron chi connectivity index (χ4n) is 1.37. The number of aromatic nitrogens is 3. The van der Waals surface area contributed by atoms with Crippen LogP contribution in [0.2, 0.25) is 0 Å². The maximum absolute atomic E-state index is 3.77. The van der Waals surface area contributed by atoms with Gasteiger partial charge in [-0.05, 0) is 23.6 Å². The number of nitrogens with zero attached hydrogens (tertiary/aromatic N) is 3. The minimum Gasteiger partial charge on any atom is -0.288 e. The molecule has 0 saturated heterocycles. The molecule has 2 aromatic rings. The lowest BCUT2D eigenvalue weighted by Gasteiger charge is -2.06. The van der Waals surface area contributed by atoms with Gasteiger partial charge in [0.15, 0.2) is 0 Å². The van der Waals surface area contributed by atoms with Gasteiger partial charge < -0.3 is 0 Å². The van der Waals surface area contributed by atoms with E-state index in [1.807, 2.05) is 4.57 Å². The van der Waals surface area contributed by atoms with E-state index in [1.54, 1.807) is 12.7 Å². The molecule has 1 aromatic heterocycles. The lowest BCUT2D eigenvalue weighted by molar-refractivity contribution is 0.865. The van der Waals surface area contributed by atoms with Gasteiger partial charge in [0.2, 0.25) is 0 Å². The first-order valence-corrected chi connectivity index (χ1v) is 4.72. The van der Waals surface area contributed by atoms with Crippen LogP contribution in [0, 0.1) is 0 Å². The summed E-state index contributed by atoms with van der Waals surface area (Å²) in [7, 11) is 0. The lowest BCUT2D eigenvalue weighted by Crippen LogP contribution is -1.92. The second-order valence-corrected chi connectivity index (χ2v) is 3.62. The zero-order valence-electron chi connectivity index (χ0n) is 8.38. The van der Waals surface area contributed by atoms with E-state index in [0.29, 0.717) is 5.92 Å². The molecule has 3 nitrogen and oxygen atoms in total. The van der Waals surface area contributed by atoms with Gasteiger partial charge in [0, 0.05) is 5.69 Å². The fourth-order valence-corrected chi connectivity index (χ4v) is 1.37. The van der Waals surface area contributed by atoms with Crippen LogP contribution in [0.3, 0.4) is 0 Å². The molecule has 1 aromatic carbocycles. The second kappa shape index (κ2) is 3.62. The van der Waals surface area contributed by atoms with Crippen molar-refractivity contribution in [3.8, 4) is 5.69 Å². The molecule has 72 valence electrons. The van der Waals surface area contributed by atoms with E-state index in [2.05, 4.69) is 48.3 Å². The van der Waals surface area contributed by atoms with Gasteiger partial charge in [0.25, 0.3) is 0 Å². The van der Waals surface area contributed by atoms with Crippen molar-refractivity contribution in [1.82, 2.24) is 14.8 Å². The highest BCUT2D eigenvalue weighted by Crippen LogP contribution is 2.16. The second-order valence-electron chi connectivity index (χ2n) is 3.62. The van der Waals surface area contributed by atoms with E-state index in [0.717, 1.165) is 5.69 Å². The van der Waals surface area contributed by atoms with Gasteiger partial charge in [0.1, 0.15) is 12.7 Å². The highest BCUT2D eigenvalue weighted by molar-refractivity contribution is 5.35. The third-order valence-corrected chi connectivity index (χ3v) is 2.28. The van der Waals surface area contributed by atoms with Gasteiger partial charge >= 0.3 is 0 Å². The van der Waals surface area contributed by atoms with Crippen LogP contribution in [-0.4, -0.2) is 14.8 Å². The monoisotopic (exact) mass is 187 g/mol. The molecule has 1 heterocycles. The molecule has 3 heteroatoms. The third-order valence-electron chi connectivity index (χ3n) is 2.28. The maximum Gasteiger partial charge on any atom is 0.123 e. The van der Waals surface area contributed by atoms with Crippen LogP contribution >= 0.6 is 0 Å². The summed E-state index contributed by atoms with van der Waals surface area (Å²) in [4.78, 5) is 0. The Hall–Kier alpha value is -1.64. The fraction of sp³-hybridized carbons (Fsp3) is 0.273. The van der Waals surface area contributed by atoms with Crippen molar-refractivity contribution in [1.29, 1.82) is 0 Å². The van der Waals surface area contributed by atoms with Crippen LogP contribution in [0.1, 0.15) is 25.3 Å². The summed E-state index contributed by atoms with van der Waals surface area (Å²) in [6, 6.07) is 8.44. The molecule has 0 aliphatic heterocycles. The van der Waals surface area contributed by atoms with Crippen molar-refractivity contribution >= 4 is 0 Å². The first-order valence-electron chi connectivity index (χ1n) is 4.72. The molecule has 0 N–H and O–H groups in total. The molecule has 0 saturated carbocycles. The molecule has 0 bridgehead atoms. The Morgan fingerprint density at radius 1 is 1.00 bits per heavy atom. The van der Waals surface area contributed by atoms with Gasteiger partial charge in [-0.25, -0.2) is 0 Å². The SMILES string of the molecule is CC(C)c1ccc(-n2cnnc2)cc1. The smallest absolute Gasteiger partial charge is 0.123 e. The Kier molecular flexibility index (Phi) is 2.31. The van der Waals surface area contributed by atoms with Crippen molar-refractivity contribution in [2.75, 3.05) is 0 Å². The van der Waals surface area contributed by atoms with Crippen molar-refractivity contribution < 1.29 is 0 Å². The first-order chi connectivity index (χ1) is 6.77. The molecule has 0 spiro atoms. The summed E-state index contributed by atoms with van der Waals surface area (Å²) >= 11 is 0. The quantitative estimate of drug-likeness (QED) is 0.722. The molecule has 0 unspecified atom stereocenters. The van der Waals surface area contributed by atoms with E-state index in [4.69, 9.17) is 0 Å². The van der Waals surface area contributed by atoms with E-state index < -0.39 is 0 Å². The summed E-state index contributed by atoms with van der Waals surface area (Å²) in [6.07, 6.45) is 3.40. The van der Waals surface area contributed by atoms with E-state index in [-0.39, 0.29) is 0 Å². The number of benzene rings is 1. The van der Waals surface area contributed by atoms with Crippen molar-refractivity contribution in [3.05, 3.63) is 42.5 Å². The van der Waals surface area contributed by atoms with E-state index in [9.17, 15) is 0 Å². The molecule has 14 heavy (non-hydrogen) atoms. The zero-order chi connectivity index (χ0) is 9.97. The molecule has 0 fully saturated rings. The molecule has 0 radical (unpaired) electrons. The maximum atomic E-state index is 3.77. The predicted molar refractivity (Wildman–Crippen MR) is 55.4 cm³/mol. The normalized spacial score (nSPS) is 10.8. The predicted octanol–water partition coefficient (Wildman–Crippen LogP) is 2.39. The van der Waals surface area contributed by atoms with Gasteiger partial charge in [0.05, 0.1) is 0 Å². The standard InChI is InChI=1S/C11H13N3/c1-9(2)10-3-5-11(6-4-10)14-7-12-13-8-14/h3-9H,1-2H3. The molecular formula is C11H13N3. The van der Waals surface area contributed by atoms with Crippen LogP contribution in [0.15, 0.2) is 36.9 Å². The van der Waals surface area contributed by atoms with Crippen molar-refractivity contribution in [2.24, 2.45) is 0 Å². The Bertz CT molecular complexity index is 387. The minimum absolute atomic E-state index is 0.574. The first kappa shape index (κ1) is 8.94. The topological polar surface area (TPSA) is 30.7 Å². The number of rotatable bonds is 2. The highest BCUT2D eigenvalue weighted by atomic mass is 15.2. The van der Waals surface area contributed by atoms with Crippen LogP contribution in [0.5, 0.6) is 0 Å². The van der Waals surface area contributed by atoms with E-state index in [1.165, 1.54) is 5.56 Å². The van der Waals surface area contributed by atoms with Crippen molar-refractivity contribution in [2.45, 2.75) is 19.8 Å². The third kappa shape index (κ3) is 1.66. The summed E-state index contributed by atoms with van der Waals surface area (Å²) in [5, 5.41) is 7.54. The summed E-state index contributed by atoms with van der Waals surface area (Å²) < 4.78 is 1.89. The Morgan fingerprint density at radius 3 is 2.07 bits per heavy atom. The molecule has 0 atom stereocenters. The Morgan fingerprint density at radius 2 is 1.57 bits per heavy atom. The van der Waals surface area contributed by atoms with Gasteiger partial charge in [-0.1, -0.05) is 26.0 Å². The molecular weight excluding hydrogens is 174 g/mol. The zero-order valence-corrected chi connectivity index (χ0v) is 8.38. The van der Waals surface area contributed by atoms with Crippen LogP contribution in [-0.2, 0) is 0 Å². The van der Waals surface area contributed by atoms with Gasteiger partial charge in [-0.2, -0.15) is 0 Å². The molecule has 0 amide bonds. The molecule has 0 aliphatic rings. The molecule has 2 rings (SSSR count). The van der Waals surface area contributed by atoms with Gasteiger partial charge in [-0.3, -0.25) is 4.57 Å². The minimum atomic E-state index is 0.574. The lowest BCUT2D eigenvalue weighted by atomic mass is 10.0. The van der Waals surface area contributed by atoms with Crippen molar-refractivity contribution in [3.63, 3.8) is 0 Å². The van der Waals surface area contributed by atoms with Gasteiger partial charge in [-0.15, -0.1) is 10.2 Å². The van der Waals surface area contributed by atoms with Crippen LogP contribution in [0.25, 0.3) is 5.69 Å². The largest absolute Gasteiger partial charge is 0.288 e. The summed E-state index contributed by atoms with van der Waals surface area (Å²) in [5.41, 5.74) is 2.45. The summed E-state index contributed by atoms with van der Waals surface area (Å²) in [5.74, 6) is 0.574. The van der Waals surface area contributed by atoms with Crippen LogP contribution in [0.4, 0.5) is 0 Å². The molecule has 0 aliphatic carbocycles. The average Bonchev–Trinajstić information content (AvgIpc) is 2.71. The van der Waals surface area contributed by atoms with Crippen LogP contribution < -0.4 is 0 Å². The highest BCUT2D eigenvalue weighted by Gasteiger charge is 1.99. The Balaban J connectivity index is 2.31. The Labute approximate surface area is 83.4 Å². The summed E-state index contributed by atoms with van der Waals surface area (Å²) in [6.45, 7) is 4.38.